The fraction of sp³-hybridized carbons (Fsp3) is 0.105. The number of amides is 1. The number of hydrogen-bond acceptors (Lipinski definition) is 6. The average Bonchev–Trinajstić information content (AvgIpc) is 3.12. The molecule has 1 atom stereocenters. The molecular weight excluding hydrogens is 453 g/mol. The minimum atomic E-state index is -4.44. The van der Waals surface area contributed by atoms with Crippen LogP contribution < -0.4 is 10.0 Å². The third kappa shape index (κ3) is 5.09. The van der Waals surface area contributed by atoms with Crippen molar-refractivity contribution in [3.8, 4) is 11.4 Å². The molecule has 1 heterocycles. The van der Waals surface area contributed by atoms with Gasteiger partial charge in [-0.15, -0.1) is 6.58 Å². The summed E-state index contributed by atoms with van der Waals surface area (Å²) < 4.78 is 72.9. The van der Waals surface area contributed by atoms with Gasteiger partial charge in [0.1, 0.15) is 22.7 Å². The molecule has 1 unspecified atom stereocenters. The van der Waals surface area contributed by atoms with Crippen LogP contribution in [0.1, 0.15) is 17.7 Å². The number of benzene rings is 2. The van der Waals surface area contributed by atoms with E-state index in [4.69, 9.17) is 0 Å². The van der Waals surface area contributed by atoms with Crippen LogP contribution >= 0.6 is 11.5 Å². The first kappa shape index (κ1) is 22.4. The van der Waals surface area contributed by atoms with E-state index in [0.29, 0.717) is 23.4 Å². The molecule has 0 bridgehead atoms. The van der Waals surface area contributed by atoms with E-state index in [1.165, 1.54) is 6.92 Å². The molecule has 0 saturated heterocycles. The van der Waals surface area contributed by atoms with Gasteiger partial charge in [0.25, 0.3) is 0 Å². The van der Waals surface area contributed by atoms with Gasteiger partial charge in [0.15, 0.2) is 5.82 Å². The molecule has 0 aliphatic heterocycles. The maximum atomic E-state index is 14.1. The molecule has 0 saturated carbocycles. The molecule has 31 heavy (non-hydrogen) atoms. The minimum absolute atomic E-state index is 0.143. The van der Waals surface area contributed by atoms with Gasteiger partial charge < -0.3 is 5.32 Å². The van der Waals surface area contributed by atoms with Gasteiger partial charge in [0, 0.05) is 47.4 Å². The molecule has 12 heteroatoms. The molecule has 3 rings (SSSR count). The summed E-state index contributed by atoms with van der Waals surface area (Å²) in [5, 5.41) is 0.625. The normalized spacial score (nSPS) is 12.3. The van der Waals surface area contributed by atoms with E-state index in [-0.39, 0.29) is 16.9 Å². The number of sulfonamides is 1. The van der Waals surface area contributed by atoms with E-state index in [2.05, 4.69) is 26.0 Å². The van der Waals surface area contributed by atoms with Gasteiger partial charge in [-0.3, -0.25) is 9.52 Å². The summed E-state index contributed by atoms with van der Waals surface area (Å²) in [5.74, 6) is -3.92. The number of aromatic nitrogens is 2. The van der Waals surface area contributed by atoms with Crippen LogP contribution in [0, 0.1) is 17.5 Å². The highest BCUT2D eigenvalue weighted by Crippen LogP contribution is 2.31. The van der Waals surface area contributed by atoms with Crippen LogP contribution in [-0.2, 0) is 14.8 Å². The number of rotatable bonds is 7. The molecule has 2 aromatic carbocycles. The van der Waals surface area contributed by atoms with Gasteiger partial charge in [-0.2, -0.15) is 9.36 Å². The molecule has 7 nitrogen and oxygen atoms in total. The lowest BCUT2D eigenvalue weighted by Gasteiger charge is -2.16. The molecule has 1 aromatic heterocycles. The van der Waals surface area contributed by atoms with Crippen molar-refractivity contribution >= 4 is 38.3 Å². The Morgan fingerprint density at radius 2 is 1.77 bits per heavy atom. The van der Waals surface area contributed by atoms with Gasteiger partial charge in [-0.25, -0.2) is 21.6 Å². The second-order valence-electron chi connectivity index (χ2n) is 6.27. The van der Waals surface area contributed by atoms with Gasteiger partial charge >= 0.3 is 0 Å². The van der Waals surface area contributed by atoms with Gasteiger partial charge in [-0.1, -0.05) is 6.08 Å². The molecule has 0 fully saturated rings. The van der Waals surface area contributed by atoms with Crippen molar-refractivity contribution in [1.82, 2.24) is 9.36 Å². The lowest BCUT2D eigenvalue weighted by molar-refractivity contribution is -0.114. The standard InChI is InChI=1S/C19H15F3N4O3S2/c1-3-16(17-14(21)8-12(20)9-15(17)22)31(28,29)26-19-24-18(25-30-19)11-4-6-13(7-5-11)23-10(2)27/h3-9,16H,1H2,2H3,(H,23,27)(H,24,25,26). The number of nitrogens with one attached hydrogen (secondary N) is 2. The smallest absolute Gasteiger partial charge is 0.245 e. The van der Waals surface area contributed by atoms with Crippen LogP contribution in [-0.4, -0.2) is 23.7 Å². The number of hydrogen-bond donors (Lipinski definition) is 2. The van der Waals surface area contributed by atoms with E-state index in [1.807, 2.05) is 0 Å². The lowest BCUT2D eigenvalue weighted by Crippen LogP contribution is -2.22. The lowest BCUT2D eigenvalue weighted by atomic mass is 10.1. The van der Waals surface area contributed by atoms with Gasteiger partial charge in [-0.05, 0) is 24.3 Å². The van der Waals surface area contributed by atoms with Crippen molar-refractivity contribution in [2.24, 2.45) is 0 Å². The zero-order valence-corrected chi connectivity index (χ0v) is 17.5. The molecule has 0 radical (unpaired) electrons. The van der Waals surface area contributed by atoms with E-state index < -0.39 is 38.3 Å². The summed E-state index contributed by atoms with van der Waals surface area (Å²) in [4.78, 5) is 15.1. The number of nitrogens with zero attached hydrogens (tertiary/aromatic N) is 2. The maximum Gasteiger partial charge on any atom is 0.245 e. The van der Waals surface area contributed by atoms with Gasteiger partial charge in [0.05, 0.1) is 0 Å². The number of anilines is 2. The predicted molar refractivity (Wildman–Crippen MR) is 111 cm³/mol. The number of carbonyl (C=O) groups excluding carboxylic acids is 1. The van der Waals surface area contributed by atoms with Crippen molar-refractivity contribution in [3.63, 3.8) is 0 Å². The molecule has 0 aliphatic rings. The quantitative estimate of drug-likeness (QED) is 0.505. The molecular formula is C19H15F3N4O3S2. The maximum absolute atomic E-state index is 14.1. The first-order valence-electron chi connectivity index (χ1n) is 8.61. The first-order chi connectivity index (χ1) is 14.6. The second kappa shape index (κ2) is 8.86. The topological polar surface area (TPSA) is 101 Å². The molecule has 162 valence electrons. The van der Waals surface area contributed by atoms with E-state index in [1.54, 1.807) is 24.3 Å². The van der Waals surface area contributed by atoms with Crippen LogP contribution in [0.25, 0.3) is 11.4 Å². The third-order valence-electron chi connectivity index (χ3n) is 4.00. The van der Waals surface area contributed by atoms with Crippen molar-refractivity contribution in [3.05, 3.63) is 72.1 Å². The molecule has 1 amide bonds. The van der Waals surface area contributed by atoms with Crippen LogP contribution in [0.2, 0.25) is 0 Å². The Hall–Kier alpha value is -3.25. The minimum Gasteiger partial charge on any atom is -0.326 e. The summed E-state index contributed by atoms with van der Waals surface area (Å²) in [6, 6.07) is 7.27. The Bertz CT molecular complexity index is 1220. The third-order valence-corrected chi connectivity index (χ3v) is 6.33. The Balaban J connectivity index is 1.84. The SMILES string of the molecule is C=CC(c1c(F)cc(F)cc1F)S(=O)(=O)Nc1nc(-c2ccc(NC(C)=O)cc2)ns1. The fourth-order valence-corrected chi connectivity index (χ4v) is 4.85. The Morgan fingerprint density at radius 1 is 1.16 bits per heavy atom. The van der Waals surface area contributed by atoms with Crippen molar-refractivity contribution in [1.29, 1.82) is 0 Å². The highest BCUT2D eigenvalue weighted by Gasteiger charge is 2.31. The second-order valence-corrected chi connectivity index (χ2v) is 8.82. The first-order valence-corrected chi connectivity index (χ1v) is 10.9. The predicted octanol–water partition coefficient (Wildman–Crippen LogP) is 4.25. The van der Waals surface area contributed by atoms with Crippen LogP contribution in [0.4, 0.5) is 24.0 Å². The van der Waals surface area contributed by atoms with Crippen LogP contribution in [0.15, 0.2) is 49.1 Å². The number of carbonyl (C=O) groups is 1. The van der Waals surface area contributed by atoms with E-state index >= 15 is 0 Å². The average molecular weight is 468 g/mol. The van der Waals surface area contributed by atoms with E-state index in [9.17, 15) is 26.4 Å². The van der Waals surface area contributed by atoms with Crippen molar-refractivity contribution in [2.75, 3.05) is 10.0 Å². The van der Waals surface area contributed by atoms with Crippen molar-refractivity contribution < 1.29 is 26.4 Å². The molecule has 0 spiro atoms. The van der Waals surface area contributed by atoms with Gasteiger partial charge in [0.2, 0.25) is 21.1 Å². The summed E-state index contributed by atoms with van der Waals surface area (Å²) in [6.45, 7) is 4.69. The Kier molecular flexibility index (Phi) is 6.41. The zero-order chi connectivity index (χ0) is 22.8. The highest BCUT2D eigenvalue weighted by molar-refractivity contribution is 7.93. The zero-order valence-electron chi connectivity index (χ0n) is 15.9. The monoisotopic (exact) mass is 468 g/mol. The van der Waals surface area contributed by atoms with Crippen LogP contribution in [0.5, 0.6) is 0 Å². The van der Waals surface area contributed by atoms with E-state index in [0.717, 1.165) is 17.6 Å². The Labute approximate surface area is 179 Å². The Morgan fingerprint density at radius 3 is 2.32 bits per heavy atom. The highest BCUT2D eigenvalue weighted by atomic mass is 32.2. The number of halogens is 3. The largest absolute Gasteiger partial charge is 0.326 e. The fourth-order valence-electron chi connectivity index (χ4n) is 2.70. The van der Waals surface area contributed by atoms with Crippen molar-refractivity contribution in [2.45, 2.75) is 12.2 Å². The summed E-state index contributed by atoms with van der Waals surface area (Å²) >= 11 is 0.717. The molecule has 3 aromatic rings. The van der Waals surface area contributed by atoms with Crippen LogP contribution in [0.3, 0.4) is 0 Å². The summed E-state index contributed by atoms with van der Waals surface area (Å²) in [5.41, 5.74) is 0.249. The summed E-state index contributed by atoms with van der Waals surface area (Å²) in [6.07, 6.45) is 0.824. The molecule has 2 N–H and O–H groups in total. The summed E-state index contributed by atoms with van der Waals surface area (Å²) in [7, 11) is -4.44. The molecule has 0 aliphatic carbocycles.